The number of carboxylic acids is 1. The second kappa shape index (κ2) is 36.5. The van der Waals surface area contributed by atoms with E-state index in [1.54, 1.807) is 108 Å². The number of rotatable bonds is 5. The summed E-state index contributed by atoms with van der Waals surface area (Å²) in [5, 5.41) is 19.6. The molecule has 0 aromatic heterocycles. The van der Waals surface area contributed by atoms with E-state index in [0.29, 0.717) is 74.5 Å². The van der Waals surface area contributed by atoms with Gasteiger partial charge in [-0.05, 0) is 158 Å². The first-order valence-corrected chi connectivity index (χ1v) is 42.0. The zero-order chi connectivity index (χ0) is 76.4. The maximum absolute atomic E-state index is 12.5. The molecular formula is C84H83BrCl2O11S7. The first-order valence-electron chi connectivity index (χ1n) is 34.2. The van der Waals surface area contributed by atoms with Crippen LogP contribution in [0.5, 0.6) is 0 Å². The summed E-state index contributed by atoms with van der Waals surface area (Å²) in [6, 6.07) is 50.8. The number of thioether (sulfide) groups is 7. The van der Waals surface area contributed by atoms with Gasteiger partial charge in [-0.1, -0.05) is 143 Å². The van der Waals surface area contributed by atoms with E-state index >= 15 is 0 Å². The van der Waals surface area contributed by atoms with Gasteiger partial charge in [-0.3, -0.25) is 43.2 Å². The Morgan fingerprint density at radius 2 is 0.990 bits per heavy atom. The third-order valence-corrected chi connectivity index (χ3v) is 28.0. The number of carboxylic acid groups (broad SMARTS) is 1. The van der Waals surface area contributed by atoms with Crippen LogP contribution in [-0.2, 0) is 11.4 Å². The topological polar surface area (TPSA) is 194 Å². The number of alkyl halides is 1. The van der Waals surface area contributed by atoms with Crippen LogP contribution in [0.2, 0.25) is 10.0 Å². The normalized spacial score (nSPS) is 20.1. The second-order valence-electron chi connectivity index (χ2n) is 28.2. The fourth-order valence-electron chi connectivity index (χ4n) is 12.5. The minimum Gasteiger partial charge on any atom is -0.481 e. The van der Waals surface area contributed by atoms with Crippen LogP contribution in [-0.4, -0.2) is 103 Å². The highest BCUT2D eigenvalue weighted by Gasteiger charge is 2.37. The minimum atomic E-state index is -0.872. The molecule has 5 unspecified atom stereocenters. The first-order chi connectivity index (χ1) is 49.6. The molecule has 0 saturated carbocycles. The summed E-state index contributed by atoms with van der Waals surface area (Å²) < 4.78 is 0.113. The average molecular weight is 1640 g/mol. The molecule has 0 bridgehead atoms. The Hall–Kier alpha value is -5.94. The van der Waals surface area contributed by atoms with Gasteiger partial charge in [-0.25, -0.2) is 0 Å². The maximum Gasteiger partial charge on any atom is 0.304 e. The molecular weight excluding hydrogens is 1560 g/mol. The van der Waals surface area contributed by atoms with E-state index in [4.69, 9.17) is 33.4 Å². The Bertz CT molecular complexity index is 4590. The molecule has 7 heterocycles. The molecule has 15 rings (SSSR count). The van der Waals surface area contributed by atoms with Crippen LogP contribution in [0.15, 0.2) is 198 Å². The standard InChI is InChI=1S/C17H14O3S.C13H16OS.C12H14OS.C11H9ClO3S.C11H11ClOS.C10H9BrOS.C10H10OS/c18-9-11-6-7-13-15(8-11)21-10-14(17(13)20)16(19)12-4-2-1-3-5-12;1-8-5-9(2)12-10(14)7-13(3,4)15-11(12)6-8;1-8-4-5-11-9(6-8)10(13)7-12(2,3)14-11;12-6-1-2-10-8(3-6)9(13)4-7(16-10)5-11(14)15;1-11(2)6-9(13)8-5-7(12)3-4-10(8)14-11;1-6-9(11)10(12)7-4-2-3-5-8(7)13-6;1-7-6-9(11)8-4-2-3-5-10(8)12-7/h1-8,14,18H,9-10H2;5-6H,7H2,1-4H3;4-6H,7H2,1-3H3;1-3,7H,4-5H2,(H,14,15);3-5H,6H2,1-2H3;2-6,9H,1H3;2-5,7H,6H2,1H3. The number of aliphatic hydroxyl groups is 1. The molecule has 7 aliphatic heterocycles. The number of benzene rings is 8. The van der Waals surface area contributed by atoms with Crippen LogP contribution in [0.4, 0.5) is 0 Å². The molecule has 2 N–H and O–H groups in total. The van der Waals surface area contributed by atoms with Gasteiger partial charge in [0.15, 0.2) is 46.3 Å². The summed E-state index contributed by atoms with van der Waals surface area (Å²) >= 11 is 26.9. The lowest BCUT2D eigenvalue weighted by Gasteiger charge is -2.30. The first kappa shape index (κ1) is 83.1. The SMILES string of the molecule is CC1(C)CC(=O)c2cc(Cl)ccc2S1.CC1CC(=O)c2ccccc2S1.CC1Sc2ccccc2C(=O)C1Br.Cc1cc(C)c2c(c1)SC(C)(C)CC2=O.Cc1ccc2c(c1)C(=O)CC(C)(C)S2.O=C(O)CC1CC(=O)c2cc(Cl)ccc2S1.O=C(c1ccccc1)C1CSc2cc(CO)ccc2C1=O. The lowest BCUT2D eigenvalue weighted by molar-refractivity contribution is -0.136. The Kier molecular flexibility index (Phi) is 28.9. The molecule has 0 spiro atoms. The van der Waals surface area contributed by atoms with Crippen LogP contribution in [0.3, 0.4) is 0 Å². The zero-order valence-electron chi connectivity index (χ0n) is 60.2. The molecule has 0 amide bonds. The van der Waals surface area contributed by atoms with Gasteiger partial charge in [-0.2, -0.15) is 0 Å². The lowest BCUT2D eigenvalue weighted by Crippen LogP contribution is -2.30. The molecule has 0 radical (unpaired) electrons. The van der Waals surface area contributed by atoms with Crippen molar-refractivity contribution in [2.75, 3.05) is 5.75 Å². The summed E-state index contributed by atoms with van der Waals surface area (Å²) in [6.07, 6.45) is 2.85. The number of aliphatic hydroxyl groups excluding tert-OH is 1. The molecule has 21 heteroatoms. The van der Waals surface area contributed by atoms with E-state index in [0.717, 1.165) is 78.8 Å². The van der Waals surface area contributed by atoms with E-state index in [2.05, 4.69) is 103 Å². The molecule has 0 aliphatic carbocycles. The Labute approximate surface area is 663 Å². The van der Waals surface area contributed by atoms with Crippen molar-refractivity contribution in [1.29, 1.82) is 0 Å². The summed E-state index contributed by atoms with van der Waals surface area (Å²) in [6.45, 7) is 23.0. The van der Waals surface area contributed by atoms with Gasteiger partial charge in [0.25, 0.3) is 0 Å². The van der Waals surface area contributed by atoms with Crippen molar-refractivity contribution in [3.63, 3.8) is 0 Å². The van der Waals surface area contributed by atoms with Gasteiger partial charge >= 0.3 is 5.97 Å². The van der Waals surface area contributed by atoms with Crippen molar-refractivity contribution in [2.45, 2.75) is 190 Å². The number of ketones is 8. The number of Topliss-reactive ketones (excluding diaryl/α,β-unsaturated/α-hetero) is 8. The van der Waals surface area contributed by atoms with Gasteiger partial charge in [0, 0.05) is 157 Å². The molecule has 0 saturated heterocycles. The van der Waals surface area contributed by atoms with Gasteiger partial charge in [0.1, 0.15) is 0 Å². The van der Waals surface area contributed by atoms with Crippen LogP contribution >= 0.6 is 121 Å². The van der Waals surface area contributed by atoms with Crippen molar-refractivity contribution in [3.8, 4) is 0 Å². The molecule has 8 aromatic rings. The molecule has 7 aliphatic rings. The number of aliphatic carboxylic acids is 1. The predicted molar refractivity (Wildman–Crippen MR) is 439 cm³/mol. The van der Waals surface area contributed by atoms with Crippen molar-refractivity contribution in [1.82, 2.24) is 0 Å². The number of hydrogen-bond acceptors (Lipinski definition) is 17. The van der Waals surface area contributed by atoms with Crippen LogP contribution in [0.1, 0.15) is 199 Å². The van der Waals surface area contributed by atoms with Crippen molar-refractivity contribution < 1.29 is 53.4 Å². The van der Waals surface area contributed by atoms with E-state index in [1.807, 2.05) is 104 Å². The van der Waals surface area contributed by atoms with Gasteiger partial charge in [0.2, 0.25) is 0 Å². The average Bonchev–Trinajstić information content (AvgIpc) is 0.791. The van der Waals surface area contributed by atoms with E-state index in [9.17, 15) is 43.2 Å². The molecule has 105 heavy (non-hydrogen) atoms. The highest BCUT2D eigenvalue weighted by molar-refractivity contribution is 9.10. The van der Waals surface area contributed by atoms with Crippen LogP contribution in [0.25, 0.3) is 0 Å². The Balaban J connectivity index is 0.000000143. The summed E-state index contributed by atoms with van der Waals surface area (Å²) in [7, 11) is 0. The molecule has 5 atom stereocenters. The fourth-order valence-corrected chi connectivity index (χ4v) is 22.0. The number of hydrogen-bond donors (Lipinski definition) is 2. The maximum atomic E-state index is 12.5. The lowest BCUT2D eigenvalue weighted by atomic mass is 9.90. The number of halogens is 3. The smallest absolute Gasteiger partial charge is 0.304 e. The number of fused-ring (bicyclic) bond motifs is 7. The fraction of sp³-hybridized carbons (Fsp3) is 0.321. The number of carbonyl (C=O) groups excluding carboxylic acids is 8. The van der Waals surface area contributed by atoms with Crippen molar-refractivity contribution >= 4 is 174 Å². The van der Waals surface area contributed by atoms with E-state index in [1.165, 1.54) is 29.1 Å². The molecule has 11 nitrogen and oxygen atoms in total. The quantitative estimate of drug-likeness (QED) is 0.0937. The highest BCUT2D eigenvalue weighted by atomic mass is 79.9. The van der Waals surface area contributed by atoms with Crippen molar-refractivity contribution in [3.05, 3.63) is 241 Å². The predicted octanol–water partition coefficient (Wildman–Crippen LogP) is 22.7. The third kappa shape index (κ3) is 22.4. The van der Waals surface area contributed by atoms with Gasteiger partial charge in [0.05, 0.1) is 23.8 Å². The second-order valence-corrected chi connectivity index (χ2v) is 40.6. The van der Waals surface area contributed by atoms with Crippen LogP contribution in [0, 0.1) is 26.7 Å². The van der Waals surface area contributed by atoms with Gasteiger partial charge in [-0.15, -0.1) is 82.3 Å². The highest BCUT2D eigenvalue weighted by Crippen LogP contribution is 2.47. The summed E-state index contributed by atoms with van der Waals surface area (Å²) in [4.78, 5) is 113. The van der Waals surface area contributed by atoms with E-state index in [-0.39, 0.29) is 84.2 Å². The Morgan fingerprint density at radius 1 is 0.486 bits per heavy atom. The summed E-state index contributed by atoms with van der Waals surface area (Å²) in [5.74, 6) is -0.0279. The van der Waals surface area contributed by atoms with Crippen LogP contribution < -0.4 is 0 Å². The molecule has 548 valence electrons. The monoisotopic (exact) mass is 1640 g/mol. The van der Waals surface area contributed by atoms with Gasteiger partial charge < -0.3 is 10.2 Å². The minimum absolute atomic E-state index is 0.0118. The zero-order valence-corrected chi connectivity index (χ0v) is 69.0. The third-order valence-electron chi connectivity index (χ3n) is 17.4. The molecule has 0 fully saturated rings. The van der Waals surface area contributed by atoms with E-state index < -0.39 is 11.9 Å². The summed E-state index contributed by atoms with van der Waals surface area (Å²) in [5.41, 5.74) is 10.5. The largest absolute Gasteiger partial charge is 0.481 e. The number of aryl methyl sites for hydroxylation is 3. The van der Waals surface area contributed by atoms with Crippen molar-refractivity contribution in [2.24, 2.45) is 5.92 Å². The number of carbonyl (C=O) groups is 9. The Morgan fingerprint density at radius 3 is 1.60 bits per heavy atom. The molecule has 8 aromatic carbocycles.